The molecular formula is C18H24N4O2. The van der Waals surface area contributed by atoms with Gasteiger partial charge in [-0.25, -0.2) is 4.68 Å². The molecule has 2 N–H and O–H groups in total. The van der Waals surface area contributed by atoms with Gasteiger partial charge in [-0.1, -0.05) is 25.1 Å². The Hall–Kier alpha value is -2.21. The highest BCUT2D eigenvalue weighted by molar-refractivity contribution is 6.04. The Kier molecular flexibility index (Phi) is 4.17. The Morgan fingerprint density at radius 1 is 1.33 bits per heavy atom. The second-order valence-electron chi connectivity index (χ2n) is 7.23. The molecule has 1 aromatic carbocycles. The molecule has 2 aromatic rings. The summed E-state index contributed by atoms with van der Waals surface area (Å²) in [7, 11) is 0. The topological polar surface area (TPSA) is 81.2 Å². The van der Waals surface area contributed by atoms with E-state index in [2.05, 4.69) is 12.0 Å². The van der Waals surface area contributed by atoms with Crippen LogP contribution in [0.1, 0.15) is 43.7 Å². The molecule has 6 nitrogen and oxygen atoms in total. The average molecular weight is 328 g/mol. The Bertz CT molecular complexity index is 843. The molecule has 0 radical (unpaired) electrons. The van der Waals surface area contributed by atoms with Gasteiger partial charge in [-0.2, -0.15) is 5.10 Å². The van der Waals surface area contributed by atoms with Gasteiger partial charge in [0.05, 0.1) is 11.4 Å². The molecule has 128 valence electrons. The predicted molar refractivity (Wildman–Crippen MR) is 94.1 cm³/mol. The third-order valence-electron chi connectivity index (χ3n) is 4.86. The summed E-state index contributed by atoms with van der Waals surface area (Å²) in [5.41, 5.74) is 5.99. The Morgan fingerprint density at radius 3 is 2.58 bits per heavy atom. The van der Waals surface area contributed by atoms with Crippen molar-refractivity contribution in [2.75, 3.05) is 19.6 Å². The van der Waals surface area contributed by atoms with Gasteiger partial charge in [0.25, 0.3) is 11.5 Å². The molecule has 1 aliphatic rings. The first kappa shape index (κ1) is 16.6. The zero-order chi connectivity index (χ0) is 17.5. The molecule has 0 spiro atoms. The fourth-order valence-corrected chi connectivity index (χ4v) is 3.23. The number of hydrogen-bond donors (Lipinski definition) is 1. The number of amides is 1. The minimum atomic E-state index is -0.162. The van der Waals surface area contributed by atoms with Crippen LogP contribution >= 0.6 is 0 Å². The highest BCUT2D eigenvalue weighted by atomic mass is 16.2. The highest BCUT2D eigenvalue weighted by Crippen LogP contribution is 2.30. The van der Waals surface area contributed by atoms with E-state index in [0.717, 1.165) is 6.42 Å². The third-order valence-corrected chi connectivity index (χ3v) is 4.86. The first-order chi connectivity index (χ1) is 11.4. The standard InChI is InChI=1S/C18H24N4O2/c1-12(2)22-16(23)14-7-5-4-6-13(14)15(20-22)17(24)21-9-8-18(3,10-19)11-21/h4-7,12H,8-11,19H2,1-3H3. The lowest BCUT2D eigenvalue weighted by Crippen LogP contribution is -2.36. The molecule has 1 saturated heterocycles. The number of benzene rings is 1. The minimum Gasteiger partial charge on any atom is -0.337 e. The molecule has 1 amide bonds. The van der Waals surface area contributed by atoms with E-state index < -0.39 is 0 Å². The molecule has 3 rings (SSSR count). The van der Waals surface area contributed by atoms with Gasteiger partial charge in [-0.3, -0.25) is 9.59 Å². The number of carbonyl (C=O) groups is 1. The van der Waals surface area contributed by atoms with Crippen LogP contribution in [0.3, 0.4) is 0 Å². The van der Waals surface area contributed by atoms with Crippen LogP contribution < -0.4 is 11.3 Å². The predicted octanol–water partition coefficient (Wildman–Crippen LogP) is 1.79. The van der Waals surface area contributed by atoms with Gasteiger partial charge in [-0.05, 0) is 38.3 Å². The van der Waals surface area contributed by atoms with Crippen LogP contribution in [0.4, 0.5) is 0 Å². The summed E-state index contributed by atoms with van der Waals surface area (Å²) in [6.45, 7) is 7.72. The SMILES string of the molecule is CC(C)n1nc(C(=O)N2CCC(C)(CN)C2)c2ccccc2c1=O. The van der Waals surface area contributed by atoms with Crippen molar-refractivity contribution < 1.29 is 4.79 Å². The Labute approximate surface area is 141 Å². The molecule has 1 fully saturated rings. The third kappa shape index (κ3) is 2.71. The number of fused-ring (bicyclic) bond motifs is 1. The van der Waals surface area contributed by atoms with Gasteiger partial charge >= 0.3 is 0 Å². The molecule has 1 unspecified atom stereocenters. The highest BCUT2D eigenvalue weighted by Gasteiger charge is 2.36. The van der Waals surface area contributed by atoms with E-state index in [1.807, 2.05) is 26.0 Å². The monoisotopic (exact) mass is 328 g/mol. The molecule has 0 bridgehead atoms. The molecule has 2 heterocycles. The maximum Gasteiger partial charge on any atom is 0.274 e. The average Bonchev–Trinajstić information content (AvgIpc) is 2.98. The van der Waals surface area contributed by atoms with E-state index in [0.29, 0.717) is 36.1 Å². The number of rotatable bonds is 3. The number of nitrogens with zero attached hydrogens (tertiary/aromatic N) is 3. The second kappa shape index (κ2) is 6.02. The Morgan fingerprint density at radius 2 is 2.00 bits per heavy atom. The zero-order valence-electron chi connectivity index (χ0n) is 14.5. The summed E-state index contributed by atoms with van der Waals surface area (Å²) in [5.74, 6) is -0.127. The zero-order valence-corrected chi connectivity index (χ0v) is 14.5. The second-order valence-corrected chi connectivity index (χ2v) is 7.23. The van der Waals surface area contributed by atoms with Crippen LogP contribution in [0, 0.1) is 5.41 Å². The van der Waals surface area contributed by atoms with Gasteiger partial charge < -0.3 is 10.6 Å². The lowest BCUT2D eigenvalue weighted by molar-refractivity contribution is 0.0770. The van der Waals surface area contributed by atoms with Crippen molar-refractivity contribution in [3.8, 4) is 0 Å². The van der Waals surface area contributed by atoms with Crippen molar-refractivity contribution in [1.29, 1.82) is 0 Å². The summed E-state index contributed by atoms with van der Waals surface area (Å²) >= 11 is 0. The van der Waals surface area contributed by atoms with Gasteiger partial charge in [-0.15, -0.1) is 0 Å². The molecule has 1 aliphatic heterocycles. The summed E-state index contributed by atoms with van der Waals surface area (Å²) < 4.78 is 1.40. The lowest BCUT2D eigenvalue weighted by Gasteiger charge is -2.23. The van der Waals surface area contributed by atoms with Crippen molar-refractivity contribution in [3.05, 3.63) is 40.3 Å². The van der Waals surface area contributed by atoms with E-state index in [-0.39, 0.29) is 22.9 Å². The number of hydrogen-bond acceptors (Lipinski definition) is 4. The molecule has 1 aromatic heterocycles. The van der Waals surface area contributed by atoms with Crippen LogP contribution in [-0.2, 0) is 0 Å². The van der Waals surface area contributed by atoms with Crippen molar-refractivity contribution >= 4 is 16.7 Å². The van der Waals surface area contributed by atoms with E-state index in [1.165, 1.54) is 4.68 Å². The van der Waals surface area contributed by atoms with E-state index in [9.17, 15) is 9.59 Å². The van der Waals surface area contributed by atoms with Gasteiger partial charge in [0.2, 0.25) is 0 Å². The molecule has 24 heavy (non-hydrogen) atoms. The van der Waals surface area contributed by atoms with E-state index >= 15 is 0 Å². The van der Waals surface area contributed by atoms with Gasteiger partial charge in [0.15, 0.2) is 5.69 Å². The van der Waals surface area contributed by atoms with Gasteiger partial charge in [0.1, 0.15) is 0 Å². The van der Waals surface area contributed by atoms with Crippen LogP contribution in [-0.4, -0.2) is 40.2 Å². The first-order valence-corrected chi connectivity index (χ1v) is 8.37. The number of nitrogens with two attached hydrogens (primary N) is 1. The maximum atomic E-state index is 13.1. The lowest BCUT2D eigenvalue weighted by atomic mass is 9.90. The van der Waals surface area contributed by atoms with Crippen LogP contribution in [0.5, 0.6) is 0 Å². The first-order valence-electron chi connectivity index (χ1n) is 8.37. The maximum absolute atomic E-state index is 13.1. The normalized spacial score (nSPS) is 21.0. The van der Waals surface area contributed by atoms with Crippen molar-refractivity contribution in [1.82, 2.24) is 14.7 Å². The summed E-state index contributed by atoms with van der Waals surface area (Å²) in [5, 5.41) is 5.55. The van der Waals surface area contributed by atoms with Crippen LogP contribution in [0.15, 0.2) is 29.1 Å². The van der Waals surface area contributed by atoms with Crippen molar-refractivity contribution in [3.63, 3.8) is 0 Å². The molecule has 1 atom stereocenters. The number of aromatic nitrogens is 2. The fraction of sp³-hybridized carbons (Fsp3) is 0.500. The minimum absolute atomic E-state index is 0.0437. The largest absolute Gasteiger partial charge is 0.337 e. The Balaban J connectivity index is 2.11. The van der Waals surface area contributed by atoms with E-state index in [4.69, 9.17) is 5.73 Å². The molecule has 0 saturated carbocycles. The molecular weight excluding hydrogens is 304 g/mol. The van der Waals surface area contributed by atoms with E-state index in [1.54, 1.807) is 17.0 Å². The van der Waals surface area contributed by atoms with Crippen molar-refractivity contribution in [2.24, 2.45) is 11.1 Å². The fourth-order valence-electron chi connectivity index (χ4n) is 3.23. The molecule has 6 heteroatoms. The van der Waals surface area contributed by atoms with Crippen LogP contribution in [0.2, 0.25) is 0 Å². The summed E-state index contributed by atoms with van der Waals surface area (Å²) in [6.07, 6.45) is 0.886. The molecule has 0 aliphatic carbocycles. The van der Waals surface area contributed by atoms with Gasteiger partial charge in [0, 0.05) is 18.5 Å². The van der Waals surface area contributed by atoms with Crippen molar-refractivity contribution in [2.45, 2.75) is 33.2 Å². The number of carbonyl (C=O) groups excluding carboxylic acids is 1. The summed E-state index contributed by atoms with van der Waals surface area (Å²) in [6, 6.07) is 7.07. The summed E-state index contributed by atoms with van der Waals surface area (Å²) in [4.78, 5) is 27.4. The number of likely N-dealkylation sites (tertiary alicyclic amines) is 1. The smallest absolute Gasteiger partial charge is 0.274 e. The quantitative estimate of drug-likeness (QED) is 0.931. The van der Waals surface area contributed by atoms with Crippen LogP contribution in [0.25, 0.3) is 10.8 Å².